The highest BCUT2D eigenvalue weighted by molar-refractivity contribution is 7.98. The van der Waals surface area contributed by atoms with Crippen LogP contribution in [0.1, 0.15) is 23.9 Å². The number of aliphatic imine (C=N–C) groups is 1. The van der Waals surface area contributed by atoms with Crippen LogP contribution in [-0.2, 0) is 13.0 Å². The number of thioether (sulfide) groups is 1. The zero-order valence-corrected chi connectivity index (χ0v) is 17.3. The molecule has 0 aliphatic carbocycles. The number of aromatic nitrogens is 3. The fourth-order valence-corrected chi connectivity index (χ4v) is 3.41. The fourth-order valence-electron chi connectivity index (χ4n) is 2.71. The van der Waals surface area contributed by atoms with Gasteiger partial charge in [-0.15, -0.1) is 11.8 Å². The van der Waals surface area contributed by atoms with Crippen LogP contribution in [0.25, 0.3) is 11.6 Å². The lowest BCUT2D eigenvalue weighted by Gasteiger charge is -2.12. The molecule has 3 rings (SSSR count). The summed E-state index contributed by atoms with van der Waals surface area (Å²) in [6.07, 6.45) is 4.42. The Balaban J connectivity index is 1.56. The molecule has 0 atom stereocenters. The van der Waals surface area contributed by atoms with E-state index in [1.54, 1.807) is 18.0 Å². The van der Waals surface area contributed by atoms with Crippen LogP contribution >= 0.6 is 11.8 Å². The van der Waals surface area contributed by atoms with Gasteiger partial charge in [0.1, 0.15) is 5.82 Å². The number of rotatable bonds is 8. The number of aryl methyl sites for hydroxylation is 1. The number of hydrogen-bond acceptors (Lipinski definition) is 5. The van der Waals surface area contributed by atoms with Crippen molar-refractivity contribution in [2.24, 2.45) is 4.99 Å². The number of nitrogens with one attached hydrogen (secondary N) is 3. The summed E-state index contributed by atoms with van der Waals surface area (Å²) in [6.45, 7) is 6.31. The predicted molar refractivity (Wildman–Crippen MR) is 114 cm³/mol. The monoisotopic (exact) mass is 398 g/mol. The van der Waals surface area contributed by atoms with Crippen molar-refractivity contribution in [2.75, 3.05) is 19.3 Å². The number of furan rings is 1. The molecule has 0 radical (unpaired) electrons. The molecular formula is C20H26N6OS. The summed E-state index contributed by atoms with van der Waals surface area (Å²) in [5.41, 5.74) is 2.50. The second kappa shape index (κ2) is 9.98. The Morgan fingerprint density at radius 3 is 2.93 bits per heavy atom. The Hall–Kier alpha value is -2.74. The smallest absolute Gasteiger partial charge is 0.216 e. The Labute approximate surface area is 169 Å². The summed E-state index contributed by atoms with van der Waals surface area (Å²) in [7, 11) is 0. The minimum absolute atomic E-state index is 0.574. The maximum Gasteiger partial charge on any atom is 0.216 e. The van der Waals surface area contributed by atoms with Crippen LogP contribution in [0.3, 0.4) is 0 Å². The van der Waals surface area contributed by atoms with Crippen LogP contribution in [0.2, 0.25) is 0 Å². The zero-order chi connectivity index (χ0) is 19.8. The van der Waals surface area contributed by atoms with Gasteiger partial charge in [0.2, 0.25) is 5.82 Å². The van der Waals surface area contributed by atoms with Crippen molar-refractivity contribution in [3.05, 3.63) is 53.5 Å². The van der Waals surface area contributed by atoms with E-state index in [-0.39, 0.29) is 0 Å². The lowest BCUT2D eigenvalue weighted by Crippen LogP contribution is -2.38. The molecule has 0 unspecified atom stereocenters. The molecule has 0 bridgehead atoms. The lowest BCUT2D eigenvalue weighted by atomic mass is 10.1. The molecule has 0 spiro atoms. The third-order valence-corrected chi connectivity index (χ3v) is 4.94. The summed E-state index contributed by atoms with van der Waals surface area (Å²) in [5.74, 6) is 2.83. The van der Waals surface area contributed by atoms with E-state index in [2.05, 4.69) is 64.1 Å². The first kappa shape index (κ1) is 20.0. The van der Waals surface area contributed by atoms with Crippen molar-refractivity contribution >= 4 is 17.7 Å². The predicted octanol–water partition coefficient (Wildman–Crippen LogP) is 3.39. The van der Waals surface area contributed by atoms with Crippen LogP contribution in [-0.4, -0.2) is 40.5 Å². The number of guanidine groups is 1. The minimum Gasteiger partial charge on any atom is -0.461 e. The van der Waals surface area contributed by atoms with E-state index in [0.717, 1.165) is 18.3 Å². The number of benzene rings is 1. The summed E-state index contributed by atoms with van der Waals surface area (Å²) in [4.78, 5) is 10.4. The first-order valence-electron chi connectivity index (χ1n) is 9.30. The molecule has 28 heavy (non-hydrogen) atoms. The third kappa shape index (κ3) is 5.39. The van der Waals surface area contributed by atoms with E-state index in [4.69, 9.17) is 9.41 Å². The standard InChI is InChI=1S/C20H26N6OS/c1-4-21-20(23-13-15-8-7-14(2)12-17(15)28-3)22-10-9-18-24-19(26-25-18)16-6-5-11-27-16/h5-8,11-12H,4,9-10,13H2,1-3H3,(H2,21,22,23)(H,24,25,26). The first-order valence-corrected chi connectivity index (χ1v) is 10.5. The summed E-state index contributed by atoms with van der Waals surface area (Å²) < 4.78 is 5.32. The molecule has 0 fully saturated rings. The Kier molecular flexibility index (Phi) is 7.13. The molecule has 2 heterocycles. The van der Waals surface area contributed by atoms with Crippen molar-refractivity contribution in [3.63, 3.8) is 0 Å². The van der Waals surface area contributed by atoms with Gasteiger partial charge in [-0.25, -0.2) is 9.98 Å². The summed E-state index contributed by atoms with van der Waals surface area (Å²) in [5, 5.41) is 13.8. The Morgan fingerprint density at radius 2 is 2.18 bits per heavy atom. The molecule has 0 amide bonds. The van der Waals surface area contributed by atoms with Gasteiger partial charge >= 0.3 is 0 Å². The molecular weight excluding hydrogens is 372 g/mol. The SMILES string of the molecule is CCNC(=NCc1ccc(C)cc1SC)NCCc1nc(-c2ccco2)n[nH]1. The number of nitrogens with zero attached hydrogens (tertiary/aromatic N) is 3. The molecule has 3 aromatic rings. The van der Waals surface area contributed by atoms with Crippen molar-refractivity contribution in [3.8, 4) is 11.6 Å². The maximum absolute atomic E-state index is 5.32. The highest BCUT2D eigenvalue weighted by atomic mass is 32.2. The van der Waals surface area contributed by atoms with E-state index in [0.29, 0.717) is 31.1 Å². The highest BCUT2D eigenvalue weighted by Gasteiger charge is 2.08. The van der Waals surface area contributed by atoms with Crippen molar-refractivity contribution < 1.29 is 4.42 Å². The van der Waals surface area contributed by atoms with Crippen molar-refractivity contribution in [1.82, 2.24) is 25.8 Å². The third-order valence-electron chi connectivity index (χ3n) is 4.12. The van der Waals surface area contributed by atoms with Crippen LogP contribution in [0.5, 0.6) is 0 Å². The van der Waals surface area contributed by atoms with Crippen LogP contribution in [0.4, 0.5) is 0 Å². The summed E-state index contributed by atoms with van der Waals surface area (Å²) in [6, 6.07) is 10.2. The van der Waals surface area contributed by atoms with E-state index >= 15 is 0 Å². The van der Waals surface area contributed by atoms with E-state index in [1.165, 1.54) is 16.0 Å². The molecule has 3 N–H and O–H groups in total. The van der Waals surface area contributed by atoms with Gasteiger partial charge in [-0.05, 0) is 49.4 Å². The highest BCUT2D eigenvalue weighted by Crippen LogP contribution is 2.22. The normalized spacial score (nSPS) is 11.6. The number of hydrogen-bond donors (Lipinski definition) is 3. The van der Waals surface area contributed by atoms with Gasteiger partial charge in [-0.1, -0.05) is 12.1 Å². The molecule has 0 saturated heterocycles. The van der Waals surface area contributed by atoms with Crippen molar-refractivity contribution in [1.29, 1.82) is 0 Å². The topological polar surface area (TPSA) is 91.1 Å². The second-order valence-corrected chi connectivity index (χ2v) is 7.12. The van der Waals surface area contributed by atoms with Crippen LogP contribution in [0, 0.1) is 6.92 Å². The summed E-state index contributed by atoms with van der Waals surface area (Å²) >= 11 is 1.75. The Morgan fingerprint density at radius 1 is 1.29 bits per heavy atom. The molecule has 148 valence electrons. The number of aromatic amines is 1. The van der Waals surface area contributed by atoms with Gasteiger partial charge in [-0.3, -0.25) is 5.10 Å². The quantitative estimate of drug-likeness (QED) is 0.306. The molecule has 1 aromatic carbocycles. The van der Waals surface area contributed by atoms with E-state index in [9.17, 15) is 0 Å². The van der Waals surface area contributed by atoms with Crippen LogP contribution in [0.15, 0.2) is 50.9 Å². The fraction of sp³-hybridized carbons (Fsp3) is 0.350. The van der Waals surface area contributed by atoms with Gasteiger partial charge in [-0.2, -0.15) is 5.10 Å². The van der Waals surface area contributed by atoms with Gasteiger partial charge in [0, 0.05) is 24.4 Å². The molecule has 0 aliphatic heterocycles. The largest absolute Gasteiger partial charge is 0.461 e. The minimum atomic E-state index is 0.574. The zero-order valence-electron chi connectivity index (χ0n) is 16.5. The maximum atomic E-state index is 5.32. The molecule has 0 saturated carbocycles. The molecule has 0 aliphatic rings. The number of H-pyrrole nitrogens is 1. The average molecular weight is 399 g/mol. The van der Waals surface area contributed by atoms with Gasteiger partial charge in [0.05, 0.1) is 12.8 Å². The Bertz CT molecular complexity index is 903. The second-order valence-electron chi connectivity index (χ2n) is 6.27. The molecule has 7 nitrogen and oxygen atoms in total. The van der Waals surface area contributed by atoms with E-state index in [1.807, 2.05) is 12.1 Å². The van der Waals surface area contributed by atoms with Crippen molar-refractivity contribution in [2.45, 2.75) is 31.7 Å². The molecule has 2 aromatic heterocycles. The first-order chi connectivity index (χ1) is 13.7. The van der Waals surface area contributed by atoms with Gasteiger partial charge < -0.3 is 15.1 Å². The van der Waals surface area contributed by atoms with Crippen LogP contribution < -0.4 is 10.6 Å². The average Bonchev–Trinajstić information content (AvgIpc) is 3.38. The lowest BCUT2D eigenvalue weighted by molar-refractivity contribution is 0.577. The van der Waals surface area contributed by atoms with Gasteiger partial charge in [0.15, 0.2) is 11.7 Å². The van der Waals surface area contributed by atoms with Gasteiger partial charge in [0.25, 0.3) is 0 Å². The van der Waals surface area contributed by atoms with E-state index < -0.39 is 0 Å². The molecule has 8 heteroatoms.